The van der Waals surface area contributed by atoms with E-state index in [9.17, 15) is 14.4 Å². The van der Waals surface area contributed by atoms with Gasteiger partial charge in [0.2, 0.25) is 5.88 Å². The molecule has 2 fully saturated rings. The zero-order valence-electron chi connectivity index (χ0n) is 11.3. The summed E-state index contributed by atoms with van der Waals surface area (Å²) in [7, 11) is 1.50. The van der Waals surface area contributed by atoms with E-state index in [1.54, 1.807) is 17.0 Å². The number of cyclic esters (lactones) is 1. The molecule has 0 aromatic carbocycles. The molecule has 2 aliphatic rings. The number of amides is 3. The second-order valence-corrected chi connectivity index (χ2v) is 4.77. The molecule has 0 atom stereocenters. The fourth-order valence-corrected chi connectivity index (χ4v) is 2.31. The summed E-state index contributed by atoms with van der Waals surface area (Å²) in [4.78, 5) is 41.7. The van der Waals surface area contributed by atoms with Crippen molar-refractivity contribution < 1.29 is 23.9 Å². The molecule has 2 saturated heterocycles. The number of carbonyl (C=O) groups excluding carboxylic acids is 3. The number of imide groups is 1. The quantitative estimate of drug-likeness (QED) is 0.772. The molecule has 0 N–H and O–H groups in total. The van der Waals surface area contributed by atoms with E-state index < -0.39 is 6.09 Å². The van der Waals surface area contributed by atoms with Crippen LogP contribution in [0.2, 0.25) is 0 Å². The van der Waals surface area contributed by atoms with E-state index in [0.29, 0.717) is 24.5 Å². The first-order valence-corrected chi connectivity index (χ1v) is 6.38. The topological polar surface area (TPSA) is 89.0 Å². The molecule has 3 rings (SSSR count). The molecule has 3 heterocycles. The fraction of sp³-hybridized carbons (Fsp3) is 0.385. The van der Waals surface area contributed by atoms with Gasteiger partial charge in [0, 0.05) is 25.4 Å². The van der Waals surface area contributed by atoms with Gasteiger partial charge in [-0.2, -0.15) is 0 Å². The summed E-state index contributed by atoms with van der Waals surface area (Å²) in [6, 6.07) is 2.92. The minimum atomic E-state index is -0.636. The van der Waals surface area contributed by atoms with Crippen molar-refractivity contribution in [2.24, 2.45) is 0 Å². The molecule has 0 saturated carbocycles. The maximum absolute atomic E-state index is 12.2. The van der Waals surface area contributed by atoms with Gasteiger partial charge >= 0.3 is 6.09 Å². The van der Waals surface area contributed by atoms with Crippen LogP contribution in [0.4, 0.5) is 4.79 Å². The number of carbonyl (C=O) groups is 3. The molecule has 110 valence electrons. The van der Waals surface area contributed by atoms with Crippen molar-refractivity contribution in [2.75, 3.05) is 26.8 Å². The second kappa shape index (κ2) is 5.04. The number of rotatable bonds is 3. The monoisotopic (exact) mass is 291 g/mol. The lowest BCUT2D eigenvalue weighted by molar-refractivity contribution is -0.129. The molecular weight excluding hydrogens is 278 g/mol. The highest BCUT2D eigenvalue weighted by Crippen LogP contribution is 2.21. The smallest absolute Gasteiger partial charge is 0.417 e. The van der Waals surface area contributed by atoms with Crippen molar-refractivity contribution in [3.63, 3.8) is 0 Å². The van der Waals surface area contributed by atoms with E-state index in [2.05, 4.69) is 9.72 Å². The molecule has 0 aliphatic carbocycles. The SMILES string of the molecule is COc1ccc(C(=O)N2CC(N3C(=O)COC3=O)C2)cn1. The first-order valence-electron chi connectivity index (χ1n) is 6.38. The second-order valence-electron chi connectivity index (χ2n) is 4.77. The zero-order chi connectivity index (χ0) is 15.0. The Morgan fingerprint density at radius 2 is 2.14 bits per heavy atom. The summed E-state index contributed by atoms with van der Waals surface area (Å²) in [5.74, 6) is -0.122. The number of likely N-dealkylation sites (tertiary alicyclic amines) is 1. The number of hydrogen-bond donors (Lipinski definition) is 0. The molecule has 2 aliphatic heterocycles. The maximum atomic E-state index is 12.2. The molecule has 21 heavy (non-hydrogen) atoms. The van der Waals surface area contributed by atoms with E-state index in [4.69, 9.17) is 4.74 Å². The van der Waals surface area contributed by atoms with Crippen molar-refractivity contribution in [3.05, 3.63) is 23.9 Å². The minimum absolute atomic E-state index is 0.193. The van der Waals surface area contributed by atoms with Gasteiger partial charge in [-0.25, -0.2) is 14.7 Å². The van der Waals surface area contributed by atoms with Crippen molar-refractivity contribution >= 4 is 17.9 Å². The Labute approximate surface area is 120 Å². The van der Waals surface area contributed by atoms with E-state index in [0.717, 1.165) is 4.90 Å². The van der Waals surface area contributed by atoms with Gasteiger partial charge in [0.25, 0.3) is 11.8 Å². The molecule has 1 aromatic heterocycles. The fourth-order valence-electron chi connectivity index (χ4n) is 2.31. The highest BCUT2D eigenvalue weighted by molar-refractivity contribution is 5.99. The molecule has 0 spiro atoms. The van der Waals surface area contributed by atoms with Crippen LogP contribution in [0.15, 0.2) is 18.3 Å². The summed E-state index contributed by atoms with van der Waals surface area (Å²) in [5.41, 5.74) is 0.435. The summed E-state index contributed by atoms with van der Waals surface area (Å²) in [5, 5.41) is 0. The van der Waals surface area contributed by atoms with Gasteiger partial charge in [0.05, 0.1) is 18.7 Å². The lowest BCUT2D eigenvalue weighted by Crippen LogP contribution is -2.62. The van der Waals surface area contributed by atoms with Crippen LogP contribution in [-0.2, 0) is 9.53 Å². The van der Waals surface area contributed by atoms with Crippen LogP contribution in [-0.4, -0.2) is 65.5 Å². The Morgan fingerprint density at radius 1 is 1.38 bits per heavy atom. The molecule has 8 heteroatoms. The Balaban J connectivity index is 1.61. The largest absolute Gasteiger partial charge is 0.481 e. The Kier molecular flexibility index (Phi) is 3.20. The summed E-state index contributed by atoms with van der Waals surface area (Å²) < 4.78 is 9.58. The number of aromatic nitrogens is 1. The average molecular weight is 291 g/mol. The third-order valence-electron chi connectivity index (χ3n) is 3.49. The molecule has 0 bridgehead atoms. The molecule has 0 radical (unpaired) electrons. The predicted octanol–water partition coefficient (Wildman–Crippen LogP) is -0.107. The summed E-state index contributed by atoms with van der Waals surface area (Å²) in [6.45, 7) is 0.406. The standard InChI is InChI=1S/C13H13N3O5/c1-20-10-3-2-8(4-14-10)12(18)15-5-9(6-15)16-11(17)7-21-13(16)19/h2-4,9H,5-7H2,1H3. The highest BCUT2D eigenvalue weighted by Gasteiger charge is 2.44. The third kappa shape index (κ3) is 2.28. The minimum Gasteiger partial charge on any atom is -0.481 e. The molecule has 3 amide bonds. The molecule has 1 aromatic rings. The highest BCUT2D eigenvalue weighted by atomic mass is 16.6. The maximum Gasteiger partial charge on any atom is 0.417 e. The zero-order valence-corrected chi connectivity index (χ0v) is 11.3. The van der Waals surface area contributed by atoms with Crippen LogP contribution < -0.4 is 4.74 Å². The summed E-state index contributed by atoms with van der Waals surface area (Å²) in [6.07, 6.45) is 0.798. The Hall–Kier alpha value is -2.64. The Bertz CT molecular complexity index is 578. The lowest BCUT2D eigenvalue weighted by Gasteiger charge is -2.41. The molecule has 0 unspecified atom stereocenters. The van der Waals surface area contributed by atoms with Crippen molar-refractivity contribution in [1.29, 1.82) is 0 Å². The third-order valence-corrected chi connectivity index (χ3v) is 3.49. The Morgan fingerprint density at radius 3 is 2.67 bits per heavy atom. The number of ether oxygens (including phenoxy) is 2. The van der Waals surface area contributed by atoms with Crippen LogP contribution in [0.3, 0.4) is 0 Å². The predicted molar refractivity (Wildman–Crippen MR) is 68.7 cm³/mol. The van der Waals surface area contributed by atoms with E-state index in [-0.39, 0.29) is 24.5 Å². The van der Waals surface area contributed by atoms with Crippen LogP contribution in [0.25, 0.3) is 0 Å². The van der Waals surface area contributed by atoms with Crippen LogP contribution in [0.5, 0.6) is 5.88 Å². The van der Waals surface area contributed by atoms with Gasteiger partial charge < -0.3 is 14.4 Å². The lowest BCUT2D eigenvalue weighted by atomic mass is 10.1. The van der Waals surface area contributed by atoms with E-state index >= 15 is 0 Å². The van der Waals surface area contributed by atoms with E-state index in [1.165, 1.54) is 13.3 Å². The molecular formula is C13H13N3O5. The van der Waals surface area contributed by atoms with Crippen molar-refractivity contribution in [3.8, 4) is 5.88 Å². The van der Waals surface area contributed by atoms with Crippen LogP contribution in [0, 0.1) is 0 Å². The van der Waals surface area contributed by atoms with Gasteiger partial charge in [0.1, 0.15) is 0 Å². The number of pyridine rings is 1. The van der Waals surface area contributed by atoms with Gasteiger partial charge in [-0.05, 0) is 6.07 Å². The normalized spacial score (nSPS) is 18.5. The van der Waals surface area contributed by atoms with Crippen LogP contribution in [0.1, 0.15) is 10.4 Å². The summed E-state index contributed by atoms with van der Waals surface area (Å²) >= 11 is 0. The van der Waals surface area contributed by atoms with Gasteiger partial charge in [-0.3, -0.25) is 9.59 Å². The number of methoxy groups -OCH3 is 1. The first kappa shape index (κ1) is 13.3. The van der Waals surface area contributed by atoms with Gasteiger partial charge in [0.15, 0.2) is 6.61 Å². The first-order chi connectivity index (χ1) is 10.1. The van der Waals surface area contributed by atoms with E-state index in [1.807, 2.05) is 0 Å². The average Bonchev–Trinajstić information content (AvgIpc) is 2.78. The van der Waals surface area contributed by atoms with Crippen molar-refractivity contribution in [1.82, 2.24) is 14.8 Å². The number of nitrogens with zero attached hydrogens (tertiary/aromatic N) is 3. The van der Waals surface area contributed by atoms with Gasteiger partial charge in [-0.15, -0.1) is 0 Å². The molecule has 8 nitrogen and oxygen atoms in total. The van der Waals surface area contributed by atoms with Crippen LogP contribution >= 0.6 is 0 Å². The number of hydrogen-bond acceptors (Lipinski definition) is 6. The van der Waals surface area contributed by atoms with Gasteiger partial charge in [-0.1, -0.05) is 0 Å². The van der Waals surface area contributed by atoms with Crippen molar-refractivity contribution in [2.45, 2.75) is 6.04 Å².